The van der Waals surface area contributed by atoms with E-state index in [2.05, 4.69) is 25.9 Å². The van der Waals surface area contributed by atoms with Gasteiger partial charge in [0.1, 0.15) is 0 Å². The van der Waals surface area contributed by atoms with Crippen LogP contribution in [-0.4, -0.2) is 9.97 Å². The van der Waals surface area contributed by atoms with E-state index in [0.717, 1.165) is 6.07 Å². The molecule has 112 valence electrons. The Hall–Kier alpha value is -1.47. The summed E-state index contributed by atoms with van der Waals surface area (Å²) >= 11 is 3.05. The monoisotopic (exact) mass is 359 g/mol. The number of rotatable bonds is 2. The molecule has 0 amide bonds. The van der Waals surface area contributed by atoms with Crippen molar-refractivity contribution >= 4 is 15.9 Å². The fraction of sp³-hybridized carbons (Fsp3) is 0.286. The van der Waals surface area contributed by atoms with Gasteiger partial charge in [-0.15, -0.1) is 0 Å². The molecule has 1 aromatic carbocycles. The lowest BCUT2D eigenvalue weighted by Crippen LogP contribution is -2.11. The SMILES string of the molecule is Cc1nc(-c2ccc(Br)cc2C(F)(F)F)ncc1[C@@H](C)N. The predicted octanol–water partition coefficient (Wildman–Crippen LogP) is 4.25. The van der Waals surface area contributed by atoms with Gasteiger partial charge in [-0.2, -0.15) is 13.2 Å². The van der Waals surface area contributed by atoms with Gasteiger partial charge in [-0.3, -0.25) is 0 Å². The van der Waals surface area contributed by atoms with E-state index in [9.17, 15) is 13.2 Å². The Kier molecular flexibility index (Phi) is 4.34. The maximum Gasteiger partial charge on any atom is 0.417 e. The summed E-state index contributed by atoms with van der Waals surface area (Å²) in [5.41, 5.74) is 6.22. The molecule has 0 unspecified atom stereocenters. The molecule has 2 rings (SSSR count). The highest BCUT2D eigenvalue weighted by Crippen LogP contribution is 2.37. The second-order valence-electron chi connectivity index (χ2n) is 4.71. The van der Waals surface area contributed by atoms with Gasteiger partial charge in [0.15, 0.2) is 5.82 Å². The van der Waals surface area contributed by atoms with E-state index < -0.39 is 11.7 Å². The Labute approximate surface area is 128 Å². The van der Waals surface area contributed by atoms with E-state index in [4.69, 9.17) is 5.73 Å². The number of alkyl halides is 3. The highest BCUT2D eigenvalue weighted by molar-refractivity contribution is 9.10. The fourth-order valence-corrected chi connectivity index (χ4v) is 2.36. The zero-order valence-corrected chi connectivity index (χ0v) is 13.0. The maximum atomic E-state index is 13.1. The predicted molar refractivity (Wildman–Crippen MR) is 77.5 cm³/mol. The van der Waals surface area contributed by atoms with Crippen molar-refractivity contribution in [3.63, 3.8) is 0 Å². The Morgan fingerprint density at radius 3 is 2.48 bits per heavy atom. The van der Waals surface area contributed by atoms with Crippen molar-refractivity contribution in [2.75, 3.05) is 0 Å². The third-order valence-electron chi connectivity index (χ3n) is 3.04. The average molecular weight is 360 g/mol. The summed E-state index contributed by atoms with van der Waals surface area (Å²) in [6.07, 6.45) is -3.00. The van der Waals surface area contributed by atoms with E-state index in [0.29, 0.717) is 15.7 Å². The zero-order chi connectivity index (χ0) is 15.8. The molecule has 0 aliphatic rings. The quantitative estimate of drug-likeness (QED) is 0.871. The van der Waals surface area contributed by atoms with Gasteiger partial charge in [-0.25, -0.2) is 9.97 Å². The molecule has 0 saturated heterocycles. The smallest absolute Gasteiger partial charge is 0.324 e. The van der Waals surface area contributed by atoms with Crippen molar-refractivity contribution in [3.8, 4) is 11.4 Å². The fourth-order valence-electron chi connectivity index (χ4n) is 2.00. The summed E-state index contributed by atoms with van der Waals surface area (Å²) in [5.74, 6) is 0.0386. The number of halogens is 4. The van der Waals surface area contributed by atoms with Crippen LogP contribution in [0.2, 0.25) is 0 Å². The molecule has 2 N–H and O–H groups in total. The first kappa shape index (κ1) is 15.9. The molecule has 0 saturated carbocycles. The lowest BCUT2D eigenvalue weighted by atomic mass is 10.1. The van der Waals surface area contributed by atoms with Gasteiger partial charge in [0.05, 0.1) is 5.56 Å². The van der Waals surface area contributed by atoms with E-state index in [1.165, 1.54) is 18.3 Å². The molecule has 1 atom stereocenters. The van der Waals surface area contributed by atoms with Crippen LogP contribution in [0, 0.1) is 6.92 Å². The zero-order valence-electron chi connectivity index (χ0n) is 11.4. The molecule has 3 nitrogen and oxygen atoms in total. The van der Waals surface area contributed by atoms with Crippen molar-refractivity contribution in [2.24, 2.45) is 5.73 Å². The third-order valence-corrected chi connectivity index (χ3v) is 3.53. The number of hydrogen-bond donors (Lipinski definition) is 1. The van der Waals surface area contributed by atoms with Crippen molar-refractivity contribution in [3.05, 3.63) is 45.7 Å². The van der Waals surface area contributed by atoms with E-state index in [1.807, 2.05) is 0 Å². The summed E-state index contributed by atoms with van der Waals surface area (Å²) in [5, 5.41) is 0. The van der Waals surface area contributed by atoms with Gasteiger partial charge in [0, 0.05) is 33.5 Å². The van der Waals surface area contributed by atoms with Gasteiger partial charge in [-0.05, 0) is 32.0 Å². The van der Waals surface area contributed by atoms with Crippen molar-refractivity contribution in [1.29, 1.82) is 0 Å². The van der Waals surface area contributed by atoms with Gasteiger partial charge in [0.25, 0.3) is 0 Å². The largest absolute Gasteiger partial charge is 0.417 e. The summed E-state index contributed by atoms with van der Waals surface area (Å²) < 4.78 is 39.7. The normalized spacial score (nSPS) is 13.3. The highest BCUT2D eigenvalue weighted by atomic mass is 79.9. The van der Waals surface area contributed by atoms with E-state index in [1.54, 1.807) is 13.8 Å². The average Bonchev–Trinajstić information content (AvgIpc) is 2.37. The lowest BCUT2D eigenvalue weighted by molar-refractivity contribution is -0.137. The van der Waals surface area contributed by atoms with Crippen LogP contribution in [0.3, 0.4) is 0 Å². The number of aryl methyl sites for hydroxylation is 1. The Morgan fingerprint density at radius 1 is 1.29 bits per heavy atom. The molecule has 0 fully saturated rings. The molecule has 2 aromatic rings. The van der Waals surface area contributed by atoms with Crippen LogP contribution >= 0.6 is 15.9 Å². The molecule has 0 aliphatic heterocycles. The molecule has 7 heteroatoms. The first-order valence-electron chi connectivity index (χ1n) is 6.16. The summed E-state index contributed by atoms with van der Waals surface area (Å²) in [7, 11) is 0. The van der Waals surface area contributed by atoms with Crippen LogP contribution in [-0.2, 0) is 6.18 Å². The number of hydrogen-bond acceptors (Lipinski definition) is 3. The van der Waals surface area contributed by atoms with Gasteiger partial charge < -0.3 is 5.73 Å². The van der Waals surface area contributed by atoms with Crippen LogP contribution < -0.4 is 5.73 Å². The Balaban J connectivity index is 2.60. The molecular formula is C14H13BrF3N3. The molecule has 1 heterocycles. The Morgan fingerprint density at radius 2 is 1.95 bits per heavy atom. The maximum absolute atomic E-state index is 13.1. The van der Waals surface area contributed by atoms with Gasteiger partial charge in [-0.1, -0.05) is 15.9 Å². The minimum atomic E-state index is -4.48. The summed E-state index contributed by atoms with van der Waals surface area (Å²) in [4.78, 5) is 8.19. The van der Waals surface area contributed by atoms with E-state index in [-0.39, 0.29) is 17.4 Å². The molecule has 21 heavy (non-hydrogen) atoms. The minimum Gasteiger partial charge on any atom is -0.324 e. The second-order valence-corrected chi connectivity index (χ2v) is 5.63. The number of benzene rings is 1. The van der Waals surface area contributed by atoms with Crippen LogP contribution in [0.15, 0.2) is 28.9 Å². The summed E-state index contributed by atoms with van der Waals surface area (Å²) in [6, 6.07) is 3.63. The van der Waals surface area contributed by atoms with Crippen molar-refractivity contribution in [1.82, 2.24) is 9.97 Å². The van der Waals surface area contributed by atoms with Gasteiger partial charge in [0.2, 0.25) is 0 Å². The van der Waals surface area contributed by atoms with Crippen LogP contribution in [0.4, 0.5) is 13.2 Å². The van der Waals surface area contributed by atoms with Crippen LogP contribution in [0.25, 0.3) is 11.4 Å². The molecule has 0 bridgehead atoms. The highest BCUT2D eigenvalue weighted by Gasteiger charge is 2.34. The topological polar surface area (TPSA) is 51.8 Å². The van der Waals surface area contributed by atoms with Crippen LogP contribution in [0.1, 0.15) is 29.8 Å². The molecule has 0 radical (unpaired) electrons. The minimum absolute atomic E-state index is 0.0386. The third kappa shape index (κ3) is 3.41. The van der Waals surface area contributed by atoms with Crippen molar-refractivity contribution in [2.45, 2.75) is 26.1 Å². The first-order valence-corrected chi connectivity index (χ1v) is 6.95. The van der Waals surface area contributed by atoms with Gasteiger partial charge >= 0.3 is 6.18 Å². The molecule has 0 spiro atoms. The molecular weight excluding hydrogens is 347 g/mol. The lowest BCUT2D eigenvalue weighted by Gasteiger charge is -2.14. The Bertz CT molecular complexity index is 669. The number of nitrogens with two attached hydrogens (primary N) is 1. The van der Waals surface area contributed by atoms with E-state index >= 15 is 0 Å². The number of aromatic nitrogens is 2. The molecule has 1 aromatic heterocycles. The number of nitrogens with zero attached hydrogens (tertiary/aromatic N) is 2. The first-order chi connectivity index (χ1) is 9.70. The standard InChI is InChI=1S/C14H13BrF3N3/c1-7(19)11-6-20-13(21-8(11)2)10-4-3-9(15)5-12(10)14(16,17)18/h3-7H,19H2,1-2H3/t7-/m1/s1. The van der Waals surface area contributed by atoms with Crippen LogP contribution in [0.5, 0.6) is 0 Å². The second kappa shape index (κ2) is 5.73. The van der Waals surface area contributed by atoms with Crippen molar-refractivity contribution < 1.29 is 13.2 Å². The molecule has 0 aliphatic carbocycles. The summed E-state index contributed by atoms with van der Waals surface area (Å²) in [6.45, 7) is 3.47.